The van der Waals surface area contributed by atoms with E-state index in [0.29, 0.717) is 13.1 Å². The molecule has 0 heterocycles. The Morgan fingerprint density at radius 1 is 1.00 bits per heavy atom. The molecule has 1 aliphatic carbocycles. The summed E-state index contributed by atoms with van der Waals surface area (Å²) in [7, 11) is 0. The van der Waals surface area contributed by atoms with Crippen LogP contribution in [0.1, 0.15) is 25.0 Å². The van der Waals surface area contributed by atoms with Crippen molar-refractivity contribution >= 4 is 6.09 Å². The van der Waals surface area contributed by atoms with Crippen LogP contribution in [0.4, 0.5) is 4.79 Å². The number of amides is 1. The van der Waals surface area contributed by atoms with Crippen LogP contribution < -0.4 is 0 Å². The minimum atomic E-state index is -0.546. The number of ether oxygens (including phenoxy) is 1. The average Bonchev–Trinajstić information content (AvgIpc) is 2.85. The molecule has 0 saturated carbocycles. The Kier molecular flexibility index (Phi) is 4.12. The molecule has 2 aromatic rings. The Balaban J connectivity index is 1.93. The highest BCUT2D eigenvalue weighted by atomic mass is 16.6. The van der Waals surface area contributed by atoms with Crippen LogP contribution in [0.15, 0.2) is 48.5 Å². The molecule has 0 aromatic heterocycles. The molecule has 2 aromatic carbocycles. The molecule has 0 fully saturated rings. The molecule has 0 spiro atoms. The molecule has 119 valence electrons. The van der Waals surface area contributed by atoms with Gasteiger partial charge in [-0.1, -0.05) is 48.5 Å². The van der Waals surface area contributed by atoms with Gasteiger partial charge in [-0.3, -0.25) is 0 Å². The van der Waals surface area contributed by atoms with E-state index in [0.717, 1.165) is 11.1 Å². The van der Waals surface area contributed by atoms with Gasteiger partial charge >= 0.3 is 6.09 Å². The van der Waals surface area contributed by atoms with E-state index >= 15 is 0 Å². The first-order valence-corrected chi connectivity index (χ1v) is 8.08. The number of carbonyl (C=O) groups is 1. The number of hydrogen-bond acceptors (Lipinski definition) is 2. The van der Waals surface area contributed by atoms with E-state index in [9.17, 15) is 4.79 Å². The van der Waals surface area contributed by atoms with Crippen LogP contribution in [0.5, 0.6) is 0 Å². The molecule has 0 N–H and O–H groups in total. The van der Waals surface area contributed by atoms with Crippen molar-refractivity contribution in [2.45, 2.75) is 19.3 Å². The second-order valence-electron chi connectivity index (χ2n) is 5.90. The summed E-state index contributed by atoms with van der Waals surface area (Å²) in [5.74, 6) is 0. The van der Waals surface area contributed by atoms with Gasteiger partial charge in [0.1, 0.15) is 6.61 Å². The molecule has 3 heteroatoms. The van der Waals surface area contributed by atoms with Gasteiger partial charge in [-0.25, -0.2) is 4.79 Å². The van der Waals surface area contributed by atoms with Crippen LogP contribution in [0.25, 0.3) is 11.1 Å². The van der Waals surface area contributed by atoms with Crippen molar-refractivity contribution < 1.29 is 9.53 Å². The zero-order valence-corrected chi connectivity index (χ0v) is 13.7. The lowest BCUT2D eigenvalue weighted by Gasteiger charge is -2.28. The van der Waals surface area contributed by atoms with Crippen LogP contribution in [0, 0.1) is 6.92 Å². The van der Waals surface area contributed by atoms with Crippen LogP contribution in [-0.4, -0.2) is 30.7 Å². The van der Waals surface area contributed by atoms with Crippen LogP contribution >= 0.6 is 0 Å². The topological polar surface area (TPSA) is 29.5 Å². The highest BCUT2D eigenvalue weighted by molar-refractivity contribution is 5.81. The van der Waals surface area contributed by atoms with Gasteiger partial charge in [0.05, 0.1) is 5.41 Å². The minimum Gasteiger partial charge on any atom is -0.448 e. The predicted octanol–water partition coefficient (Wildman–Crippen LogP) is 4.27. The second-order valence-corrected chi connectivity index (χ2v) is 5.90. The van der Waals surface area contributed by atoms with Crippen LogP contribution in [0.3, 0.4) is 0 Å². The first-order chi connectivity index (χ1) is 11.1. The lowest BCUT2D eigenvalue weighted by atomic mass is 9.81. The summed E-state index contributed by atoms with van der Waals surface area (Å²) in [6.07, 6.45) is -0.278. The smallest absolute Gasteiger partial charge is 0.409 e. The first-order valence-electron chi connectivity index (χ1n) is 8.08. The lowest BCUT2D eigenvalue weighted by molar-refractivity contribution is 0.0955. The third kappa shape index (κ3) is 2.50. The van der Waals surface area contributed by atoms with E-state index in [2.05, 4.69) is 31.2 Å². The third-order valence-electron chi connectivity index (χ3n) is 4.64. The zero-order valence-electron chi connectivity index (χ0n) is 13.7. The molecule has 0 atom stereocenters. The maximum atomic E-state index is 12.2. The third-order valence-corrected chi connectivity index (χ3v) is 4.64. The molecule has 0 aliphatic heterocycles. The number of fused-ring (bicyclic) bond motifs is 3. The minimum absolute atomic E-state index is 0.246. The summed E-state index contributed by atoms with van der Waals surface area (Å²) >= 11 is 0. The van der Waals surface area contributed by atoms with E-state index < -0.39 is 5.41 Å². The average molecular weight is 308 g/mol. The van der Waals surface area contributed by atoms with Crippen molar-refractivity contribution in [2.24, 2.45) is 0 Å². The van der Waals surface area contributed by atoms with E-state index in [1.807, 2.05) is 38.1 Å². The molecule has 1 aliphatic rings. The van der Waals surface area contributed by atoms with Crippen molar-refractivity contribution in [1.82, 2.24) is 4.90 Å². The van der Waals surface area contributed by atoms with Crippen molar-refractivity contribution in [3.05, 3.63) is 66.6 Å². The summed E-state index contributed by atoms with van der Waals surface area (Å²) in [4.78, 5) is 13.9. The lowest BCUT2D eigenvalue weighted by Crippen LogP contribution is -2.36. The number of benzene rings is 2. The van der Waals surface area contributed by atoms with Gasteiger partial charge in [0.2, 0.25) is 0 Å². The molecule has 23 heavy (non-hydrogen) atoms. The monoisotopic (exact) mass is 308 g/mol. The van der Waals surface area contributed by atoms with Gasteiger partial charge in [-0.05, 0) is 43.0 Å². The summed E-state index contributed by atoms with van der Waals surface area (Å²) in [5.41, 5.74) is 4.05. The predicted molar refractivity (Wildman–Crippen MR) is 92.3 cm³/mol. The Hall–Kier alpha value is -2.29. The maximum absolute atomic E-state index is 12.2. The van der Waals surface area contributed by atoms with Crippen molar-refractivity contribution in [3.8, 4) is 11.1 Å². The molecule has 1 amide bonds. The SMILES string of the molecule is [CH2]C1(COC(=O)N(CC)CC)c2ccccc2-c2ccccc21. The fourth-order valence-electron chi connectivity index (χ4n) is 3.33. The van der Waals surface area contributed by atoms with Gasteiger partial charge in [0, 0.05) is 13.1 Å². The van der Waals surface area contributed by atoms with Gasteiger partial charge in [-0.15, -0.1) is 0 Å². The van der Waals surface area contributed by atoms with Gasteiger partial charge in [0.15, 0.2) is 0 Å². The fourth-order valence-corrected chi connectivity index (χ4v) is 3.33. The first kappa shape index (κ1) is 15.6. The zero-order chi connectivity index (χ0) is 16.4. The molecule has 3 rings (SSSR count). The largest absolute Gasteiger partial charge is 0.448 e. The highest BCUT2D eigenvalue weighted by Crippen LogP contribution is 2.48. The fraction of sp³-hybridized carbons (Fsp3) is 0.300. The quantitative estimate of drug-likeness (QED) is 0.844. The Labute approximate surface area is 137 Å². The van der Waals surface area contributed by atoms with E-state index in [-0.39, 0.29) is 12.7 Å². The molecule has 0 bridgehead atoms. The second kappa shape index (κ2) is 6.07. The summed E-state index contributed by atoms with van der Waals surface area (Å²) in [6, 6.07) is 16.4. The van der Waals surface area contributed by atoms with Crippen LogP contribution in [-0.2, 0) is 10.2 Å². The maximum Gasteiger partial charge on any atom is 0.409 e. The highest BCUT2D eigenvalue weighted by Gasteiger charge is 2.40. The van der Waals surface area contributed by atoms with Gasteiger partial charge < -0.3 is 9.64 Å². The van der Waals surface area contributed by atoms with E-state index in [4.69, 9.17) is 4.74 Å². The Morgan fingerprint density at radius 3 is 1.96 bits per heavy atom. The molecule has 1 radical (unpaired) electrons. The number of nitrogens with zero attached hydrogens (tertiary/aromatic N) is 1. The van der Waals surface area contributed by atoms with Crippen LogP contribution in [0.2, 0.25) is 0 Å². The number of hydrogen-bond donors (Lipinski definition) is 0. The number of carbonyl (C=O) groups excluding carboxylic acids is 1. The molecule has 0 saturated heterocycles. The standard InChI is InChI=1S/C20H22NO2/c1-4-21(5-2)19(22)23-14-20(3)17-12-8-6-10-15(17)16-11-7-9-13-18(16)20/h6-13H,3-5,14H2,1-2H3. The molecule has 3 nitrogen and oxygen atoms in total. The van der Waals surface area contributed by atoms with Crippen molar-refractivity contribution in [2.75, 3.05) is 19.7 Å². The molecular weight excluding hydrogens is 286 g/mol. The van der Waals surface area contributed by atoms with Gasteiger partial charge in [0.25, 0.3) is 0 Å². The van der Waals surface area contributed by atoms with Crippen molar-refractivity contribution in [1.29, 1.82) is 0 Å². The van der Waals surface area contributed by atoms with Gasteiger partial charge in [-0.2, -0.15) is 0 Å². The molecule has 0 unspecified atom stereocenters. The Bertz CT molecular complexity index is 674. The summed E-state index contributed by atoms with van der Waals surface area (Å²) in [5, 5.41) is 0. The Morgan fingerprint density at radius 2 is 1.48 bits per heavy atom. The van der Waals surface area contributed by atoms with E-state index in [1.54, 1.807) is 4.90 Å². The number of rotatable bonds is 4. The summed E-state index contributed by atoms with van der Waals surface area (Å²) < 4.78 is 5.61. The summed E-state index contributed by atoms with van der Waals surface area (Å²) in [6.45, 7) is 9.87. The van der Waals surface area contributed by atoms with Crippen molar-refractivity contribution in [3.63, 3.8) is 0 Å². The van der Waals surface area contributed by atoms with E-state index in [1.165, 1.54) is 11.1 Å². The molecular formula is C20H22NO2. The normalized spacial score (nSPS) is 14.0.